The van der Waals surface area contributed by atoms with Crippen molar-refractivity contribution in [1.29, 1.82) is 5.26 Å². The highest BCUT2D eigenvalue weighted by Gasteiger charge is 2.44. The van der Waals surface area contributed by atoms with Crippen molar-refractivity contribution in [2.45, 2.75) is 24.8 Å². The van der Waals surface area contributed by atoms with Gasteiger partial charge in [-0.15, -0.1) is 0 Å². The molecule has 0 unspecified atom stereocenters. The second-order valence-corrected chi connectivity index (χ2v) is 2.66. The molecule has 1 fully saturated rings. The first-order valence-electron chi connectivity index (χ1n) is 3.08. The van der Waals surface area contributed by atoms with E-state index in [-0.39, 0.29) is 12.8 Å². The maximum absolute atomic E-state index is 12.4. The Balaban J connectivity index is 2.63. The smallest absolute Gasteiger partial charge is 0.251 e. The minimum Gasteiger partial charge on any atom is -0.326 e. The average molecular weight is 146 g/mol. The number of hydrogen-bond acceptors (Lipinski definition) is 2. The summed E-state index contributed by atoms with van der Waals surface area (Å²) in [5.41, 5.74) is 5.26. The van der Waals surface area contributed by atoms with Crippen LogP contribution in [0.3, 0.4) is 0 Å². The van der Waals surface area contributed by atoms with Crippen LogP contribution in [0.4, 0.5) is 8.78 Å². The highest BCUT2D eigenvalue weighted by Crippen LogP contribution is 2.37. The van der Waals surface area contributed by atoms with Crippen LogP contribution < -0.4 is 5.73 Å². The molecule has 0 aromatic rings. The first-order chi connectivity index (χ1) is 4.55. The quantitative estimate of drug-likeness (QED) is 0.551. The molecule has 56 valence electrons. The van der Waals surface area contributed by atoms with Gasteiger partial charge < -0.3 is 5.73 Å². The lowest BCUT2D eigenvalue weighted by Crippen LogP contribution is -2.23. The highest BCUT2D eigenvalue weighted by atomic mass is 19.3. The van der Waals surface area contributed by atoms with Gasteiger partial charge in [0.15, 0.2) is 0 Å². The average Bonchev–Trinajstić information content (AvgIpc) is 2.05. The summed E-state index contributed by atoms with van der Waals surface area (Å²) in [6.45, 7) is 0. The molecule has 2 nitrogen and oxygen atoms in total. The van der Waals surface area contributed by atoms with E-state index in [1.807, 2.05) is 0 Å². The molecular formula is C6H8F2N2. The minimum absolute atomic E-state index is 0.342. The van der Waals surface area contributed by atoms with Gasteiger partial charge in [-0.05, 0) is 0 Å². The van der Waals surface area contributed by atoms with Gasteiger partial charge in [0.2, 0.25) is 0 Å². The van der Waals surface area contributed by atoms with E-state index in [2.05, 4.69) is 0 Å². The third kappa shape index (κ3) is 1.24. The third-order valence-electron chi connectivity index (χ3n) is 1.74. The summed E-state index contributed by atoms with van der Waals surface area (Å²) in [4.78, 5) is 0. The van der Waals surface area contributed by atoms with E-state index in [0.29, 0.717) is 0 Å². The van der Waals surface area contributed by atoms with Crippen molar-refractivity contribution in [3.63, 3.8) is 0 Å². The number of nitrogens with zero attached hydrogens (tertiary/aromatic N) is 1. The molecule has 1 rings (SSSR count). The zero-order chi connectivity index (χ0) is 7.78. The molecule has 0 saturated heterocycles. The summed E-state index contributed by atoms with van der Waals surface area (Å²) in [6, 6.07) is 1.13. The van der Waals surface area contributed by atoms with Crippen LogP contribution in [-0.4, -0.2) is 12.0 Å². The van der Waals surface area contributed by atoms with Crippen LogP contribution in [-0.2, 0) is 0 Å². The standard InChI is InChI=1S/C6H8F2N2/c7-6(8)1-4(3-9)5(10)2-6/h4-5H,1-2,10H2/t4-,5-/m0/s1. The predicted molar refractivity (Wildman–Crippen MR) is 31.3 cm³/mol. The molecule has 4 heteroatoms. The van der Waals surface area contributed by atoms with E-state index < -0.39 is 17.9 Å². The van der Waals surface area contributed by atoms with Crippen molar-refractivity contribution < 1.29 is 8.78 Å². The van der Waals surface area contributed by atoms with Gasteiger partial charge in [-0.3, -0.25) is 0 Å². The molecule has 0 spiro atoms. The van der Waals surface area contributed by atoms with E-state index in [4.69, 9.17) is 11.0 Å². The second kappa shape index (κ2) is 2.17. The maximum atomic E-state index is 12.4. The molecule has 0 aliphatic heterocycles. The fraction of sp³-hybridized carbons (Fsp3) is 0.833. The Morgan fingerprint density at radius 3 is 2.30 bits per heavy atom. The largest absolute Gasteiger partial charge is 0.326 e. The summed E-state index contributed by atoms with van der Waals surface area (Å²) < 4.78 is 24.8. The van der Waals surface area contributed by atoms with Crippen molar-refractivity contribution in [3.8, 4) is 6.07 Å². The molecule has 2 atom stereocenters. The number of rotatable bonds is 0. The van der Waals surface area contributed by atoms with Gasteiger partial charge in [0.05, 0.1) is 12.0 Å². The Kier molecular flexibility index (Phi) is 1.61. The number of halogens is 2. The topological polar surface area (TPSA) is 49.8 Å². The first kappa shape index (κ1) is 7.42. The number of nitriles is 1. The van der Waals surface area contributed by atoms with Crippen molar-refractivity contribution in [3.05, 3.63) is 0 Å². The summed E-state index contributed by atoms with van der Waals surface area (Å²) in [5, 5.41) is 8.31. The van der Waals surface area contributed by atoms with Crippen molar-refractivity contribution >= 4 is 0 Å². The zero-order valence-electron chi connectivity index (χ0n) is 5.35. The molecule has 10 heavy (non-hydrogen) atoms. The summed E-state index contributed by atoms with van der Waals surface area (Å²) in [6.07, 6.45) is -0.712. The molecular weight excluding hydrogens is 138 g/mol. The monoisotopic (exact) mass is 146 g/mol. The number of alkyl halides is 2. The molecule has 0 heterocycles. The van der Waals surface area contributed by atoms with Crippen LogP contribution in [0.1, 0.15) is 12.8 Å². The lowest BCUT2D eigenvalue weighted by atomic mass is 10.1. The van der Waals surface area contributed by atoms with Gasteiger partial charge >= 0.3 is 0 Å². The van der Waals surface area contributed by atoms with Crippen LogP contribution >= 0.6 is 0 Å². The van der Waals surface area contributed by atoms with Crippen molar-refractivity contribution in [1.82, 2.24) is 0 Å². The lowest BCUT2D eigenvalue weighted by molar-refractivity contribution is 0.00602. The first-order valence-corrected chi connectivity index (χ1v) is 3.08. The molecule has 0 bridgehead atoms. The van der Waals surface area contributed by atoms with Gasteiger partial charge in [0, 0.05) is 18.9 Å². The second-order valence-electron chi connectivity index (χ2n) is 2.66. The summed E-state index contributed by atoms with van der Waals surface area (Å²) in [5.74, 6) is -3.37. The predicted octanol–water partition coefficient (Wildman–Crippen LogP) is 0.883. The van der Waals surface area contributed by atoms with Crippen molar-refractivity contribution in [2.24, 2.45) is 11.7 Å². The van der Waals surface area contributed by atoms with E-state index in [0.717, 1.165) is 0 Å². The van der Waals surface area contributed by atoms with Gasteiger partial charge in [-0.2, -0.15) is 5.26 Å². The number of hydrogen-bond donors (Lipinski definition) is 1. The Labute approximate surface area is 57.6 Å². The Bertz CT molecular complexity index is 173. The van der Waals surface area contributed by atoms with Crippen LogP contribution in [0.15, 0.2) is 0 Å². The van der Waals surface area contributed by atoms with Gasteiger partial charge in [-0.25, -0.2) is 8.78 Å². The normalized spacial score (nSPS) is 37.4. The molecule has 1 aliphatic carbocycles. The van der Waals surface area contributed by atoms with Gasteiger partial charge in [-0.1, -0.05) is 0 Å². The number of nitrogens with two attached hydrogens (primary N) is 1. The van der Waals surface area contributed by atoms with Crippen LogP contribution in [0.5, 0.6) is 0 Å². The van der Waals surface area contributed by atoms with E-state index in [1.54, 1.807) is 6.07 Å². The molecule has 0 amide bonds. The minimum atomic E-state index is -2.71. The Hall–Kier alpha value is -0.690. The zero-order valence-corrected chi connectivity index (χ0v) is 5.35. The van der Waals surface area contributed by atoms with E-state index >= 15 is 0 Å². The summed E-state index contributed by atoms with van der Waals surface area (Å²) in [7, 11) is 0. The van der Waals surface area contributed by atoms with E-state index in [1.165, 1.54) is 0 Å². The Morgan fingerprint density at radius 1 is 1.50 bits per heavy atom. The van der Waals surface area contributed by atoms with E-state index in [9.17, 15) is 8.78 Å². The third-order valence-corrected chi connectivity index (χ3v) is 1.74. The molecule has 2 N–H and O–H groups in total. The summed E-state index contributed by atoms with van der Waals surface area (Å²) >= 11 is 0. The maximum Gasteiger partial charge on any atom is 0.251 e. The molecule has 0 radical (unpaired) electrons. The lowest BCUT2D eigenvalue weighted by Gasteiger charge is -2.04. The molecule has 0 aromatic carbocycles. The fourth-order valence-corrected chi connectivity index (χ4v) is 1.18. The highest BCUT2D eigenvalue weighted by molar-refractivity contribution is 5.01. The van der Waals surface area contributed by atoms with Crippen LogP contribution in [0.2, 0.25) is 0 Å². The van der Waals surface area contributed by atoms with Crippen LogP contribution in [0, 0.1) is 17.2 Å². The van der Waals surface area contributed by atoms with Gasteiger partial charge in [0.25, 0.3) is 5.92 Å². The Morgan fingerprint density at radius 2 is 2.10 bits per heavy atom. The van der Waals surface area contributed by atoms with Crippen molar-refractivity contribution in [2.75, 3.05) is 0 Å². The van der Waals surface area contributed by atoms with Crippen LogP contribution in [0.25, 0.3) is 0 Å². The fourth-order valence-electron chi connectivity index (χ4n) is 1.18. The molecule has 1 aliphatic rings. The molecule has 0 aromatic heterocycles. The SMILES string of the molecule is N#C[C@@H]1CC(F)(F)C[C@@H]1N. The van der Waals surface area contributed by atoms with Gasteiger partial charge in [0.1, 0.15) is 0 Å². The molecule has 1 saturated carbocycles.